The molecular weight excluding hydrogens is 326 g/mol. The number of benzene rings is 1. The molecule has 1 N–H and O–H groups in total. The van der Waals surface area contributed by atoms with Crippen molar-refractivity contribution in [1.29, 1.82) is 0 Å². The predicted molar refractivity (Wildman–Crippen MR) is 96.8 cm³/mol. The fraction of sp³-hybridized carbons (Fsp3) is 0.476. The summed E-state index contributed by atoms with van der Waals surface area (Å²) in [5.41, 5.74) is 2.36. The van der Waals surface area contributed by atoms with Gasteiger partial charge >= 0.3 is 0 Å². The van der Waals surface area contributed by atoms with Crippen molar-refractivity contribution < 1.29 is 9.59 Å². The van der Waals surface area contributed by atoms with Crippen molar-refractivity contribution in [3.05, 3.63) is 48.5 Å². The Morgan fingerprint density at radius 2 is 1.88 bits per heavy atom. The molecular formula is C21H23N3O2. The number of nitrogens with zero attached hydrogens (tertiary/aromatic N) is 2. The van der Waals surface area contributed by atoms with Crippen molar-refractivity contribution in [1.82, 2.24) is 14.9 Å². The highest BCUT2D eigenvalue weighted by atomic mass is 16.2. The first kappa shape index (κ1) is 15.8. The van der Waals surface area contributed by atoms with Gasteiger partial charge < -0.3 is 9.88 Å². The van der Waals surface area contributed by atoms with E-state index < -0.39 is 5.91 Å². The molecule has 1 aromatic heterocycles. The van der Waals surface area contributed by atoms with E-state index >= 15 is 0 Å². The van der Waals surface area contributed by atoms with Gasteiger partial charge in [-0.05, 0) is 67.6 Å². The van der Waals surface area contributed by atoms with Gasteiger partial charge in [-0.1, -0.05) is 12.1 Å². The molecule has 26 heavy (non-hydrogen) atoms. The fourth-order valence-electron chi connectivity index (χ4n) is 6.28. The lowest BCUT2D eigenvalue weighted by Gasteiger charge is -2.61. The third kappa shape index (κ3) is 2.33. The molecule has 0 aliphatic heterocycles. The van der Waals surface area contributed by atoms with Crippen LogP contribution in [0, 0.1) is 17.8 Å². The van der Waals surface area contributed by atoms with Crippen LogP contribution in [-0.4, -0.2) is 27.8 Å². The van der Waals surface area contributed by atoms with Crippen LogP contribution in [0.5, 0.6) is 0 Å². The van der Waals surface area contributed by atoms with Crippen molar-refractivity contribution in [3.63, 3.8) is 0 Å². The summed E-state index contributed by atoms with van der Waals surface area (Å²) in [6.07, 6.45) is 11.9. The van der Waals surface area contributed by atoms with E-state index in [9.17, 15) is 9.59 Å². The Labute approximate surface area is 152 Å². The summed E-state index contributed by atoms with van der Waals surface area (Å²) >= 11 is 0. The van der Waals surface area contributed by atoms with E-state index in [1.54, 1.807) is 12.5 Å². The quantitative estimate of drug-likeness (QED) is 0.682. The van der Waals surface area contributed by atoms with Gasteiger partial charge in [-0.2, -0.15) is 0 Å². The van der Waals surface area contributed by atoms with Crippen LogP contribution in [0.1, 0.15) is 37.7 Å². The van der Waals surface area contributed by atoms with Crippen LogP contribution in [-0.2, 0) is 15.0 Å². The van der Waals surface area contributed by atoms with Gasteiger partial charge in [0.2, 0.25) is 6.29 Å². The average Bonchev–Trinajstić information content (AvgIpc) is 3.19. The molecule has 134 valence electrons. The molecule has 2 aromatic rings. The highest BCUT2D eigenvalue weighted by Crippen LogP contribution is 2.60. The molecule has 0 saturated heterocycles. The molecule has 4 bridgehead atoms. The maximum atomic E-state index is 11.9. The summed E-state index contributed by atoms with van der Waals surface area (Å²) in [5, 5.41) is 3.07. The van der Waals surface area contributed by atoms with E-state index in [4.69, 9.17) is 0 Å². The number of rotatable bonds is 4. The van der Waals surface area contributed by atoms with Crippen molar-refractivity contribution in [2.24, 2.45) is 17.8 Å². The van der Waals surface area contributed by atoms with Crippen molar-refractivity contribution in [2.45, 2.75) is 43.6 Å². The third-order valence-electron chi connectivity index (χ3n) is 6.96. The zero-order valence-electron chi connectivity index (χ0n) is 14.7. The highest BCUT2D eigenvalue weighted by molar-refractivity contribution is 6.23. The van der Waals surface area contributed by atoms with E-state index in [0.29, 0.717) is 12.2 Å². The van der Waals surface area contributed by atoms with Gasteiger partial charge in [0.15, 0.2) is 0 Å². The second kappa shape index (κ2) is 5.79. The molecule has 4 aliphatic carbocycles. The summed E-state index contributed by atoms with van der Waals surface area (Å²) in [5.74, 6) is 1.53. The topological polar surface area (TPSA) is 64.0 Å². The van der Waals surface area contributed by atoms with Crippen LogP contribution in [0.4, 0.5) is 0 Å². The molecule has 1 heterocycles. The SMILES string of the molecule is O=CC(=O)NC1C2CC3CC(C2)CC1(c1ccc(-n2ccnc2)cc1)C3. The predicted octanol–water partition coefficient (Wildman–Crippen LogP) is 2.63. The molecule has 3 unspecified atom stereocenters. The zero-order chi connectivity index (χ0) is 17.7. The molecule has 1 aromatic carbocycles. The molecule has 5 heteroatoms. The van der Waals surface area contributed by atoms with E-state index in [1.807, 2.05) is 10.8 Å². The molecule has 0 spiro atoms. The van der Waals surface area contributed by atoms with Crippen LogP contribution in [0.2, 0.25) is 0 Å². The lowest BCUT2D eigenvalue weighted by Crippen LogP contribution is -2.64. The van der Waals surface area contributed by atoms with Crippen LogP contribution in [0.25, 0.3) is 5.69 Å². The molecule has 4 fully saturated rings. The number of amides is 1. The van der Waals surface area contributed by atoms with Crippen LogP contribution < -0.4 is 5.32 Å². The number of carbonyl (C=O) groups excluding carboxylic acids is 2. The first-order valence-electron chi connectivity index (χ1n) is 9.52. The van der Waals surface area contributed by atoms with E-state index in [-0.39, 0.29) is 11.5 Å². The zero-order valence-corrected chi connectivity index (χ0v) is 14.7. The minimum absolute atomic E-state index is 0.0269. The van der Waals surface area contributed by atoms with Crippen molar-refractivity contribution in [2.75, 3.05) is 0 Å². The fourth-order valence-corrected chi connectivity index (χ4v) is 6.28. The van der Waals surface area contributed by atoms with Gasteiger partial charge in [0, 0.05) is 29.5 Å². The van der Waals surface area contributed by atoms with Crippen molar-refractivity contribution in [3.8, 4) is 5.69 Å². The van der Waals surface area contributed by atoms with Gasteiger partial charge in [0.25, 0.3) is 5.91 Å². The van der Waals surface area contributed by atoms with E-state index in [0.717, 1.165) is 30.4 Å². The molecule has 4 aliphatic rings. The van der Waals surface area contributed by atoms with Crippen LogP contribution in [0.15, 0.2) is 43.0 Å². The van der Waals surface area contributed by atoms with Crippen molar-refractivity contribution >= 4 is 12.2 Å². The molecule has 1 amide bonds. The van der Waals surface area contributed by atoms with Gasteiger partial charge in [-0.25, -0.2) is 4.98 Å². The second-order valence-electron chi connectivity index (χ2n) is 8.38. The second-order valence-corrected chi connectivity index (χ2v) is 8.38. The van der Waals surface area contributed by atoms with Gasteiger partial charge in [-0.3, -0.25) is 9.59 Å². The Hall–Kier alpha value is -2.43. The van der Waals surface area contributed by atoms with E-state index in [2.05, 4.69) is 34.6 Å². The van der Waals surface area contributed by atoms with Crippen LogP contribution >= 0.6 is 0 Å². The molecule has 5 nitrogen and oxygen atoms in total. The standard InChI is InChI=1S/C21H23N3O2/c25-12-19(26)23-20-16-8-14-7-15(9-16)11-21(20,10-14)17-1-3-18(4-2-17)24-6-5-22-13-24/h1-6,12-16,20H,7-11H2,(H,23,26). The number of aromatic nitrogens is 2. The minimum Gasteiger partial charge on any atom is -0.346 e. The Morgan fingerprint density at radius 3 is 2.50 bits per heavy atom. The summed E-state index contributed by atoms with van der Waals surface area (Å²) in [6.45, 7) is 0. The monoisotopic (exact) mass is 349 g/mol. The lowest BCUT2D eigenvalue weighted by atomic mass is 9.45. The number of hydrogen-bond acceptors (Lipinski definition) is 3. The molecule has 4 saturated carbocycles. The molecule has 3 atom stereocenters. The maximum Gasteiger partial charge on any atom is 0.284 e. The average molecular weight is 349 g/mol. The Morgan fingerprint density at radius 1 is 1.15 bits per heavy atom. The molecule has 6 rings (SSSR count). The first-order chi connectivity index (χ1) is 12.7. The summed E-state index contributed by atoms with van der Waals surface area (Å²) in [7, 11) is 0. The maximum absolute atomic E-state index is 11.9. The molecule has 0 radical (unpaired) electrons. The number of hydrogen-bond donors (Lipinski definition) is 1. The lowest BCUT2D eigenvalue weighted by molar-refractivity contribution is -0.134. The van der Waals surface area contributed by atoms with E-state index in [1.165, 1.54) is 24.8 Å². The van der Waals surface area contributed by atoms with Gasteiger partial charge in [0.05, 0.1) is 6.33 Å². The smallest absolute Gasteiger partial charge is 0.284 e. The number of carbonyl (C=O) groups is 2. The number of imidazole rings is 1. The Balaban J connectivity index is 1.53. The normalized spacial score (nSPS) is 34.6. The number of aldehydes is 1. The first-order valence-corrected chi connectivity index (χ1v) is 9.52. The largest absolute Gasteiger partial charge is 0.346 e. The van der Waals surface area contributed by atoms with Crippen LogP contribution in [0.3, 0.4) is 0 Å². The highest BCUT2D eigenvalue weighted by Gasteiger charge is 2.58. The Bertz CT molecular complexity index is 813. The Kier molecular flexibility index (Phi) is 3.52. The summed E-state index contributed by atoms with van der Waals surface area (Å²) in [6, 6.07) is 8.76. The summed E-state index contributed by atoms with van der Waals surface area (Å²) < 4.78 is 2.00. The third-order valence-corrected chi connectivity index (χ3v) is 6.96. The summed E-state index contributed by atoms with van der Waals surface area (Å²) in [4.78, 5) is 27.0. The van der Waals surface area contributed by atoms with Gasteiger partial charge in [0.1, 0.15) is 0 Å². The minimum atomic E-state index is -0.475. The number of nitrogens with one attached hydrogen (secondary N) is 1. The van der Waals surface area contributed by atoms with Gasteiger partial charge in [-0.15, -0.1) is 0 Å².